The maximum Gasteiger partial charge on any atom is 0.239 e. The van der Waals surface area contributed by atoms with Gasteiger partial charge in [0.05, 0.1) is 5.52 Å². The zero-order valence-corrected chi connectivity index (χ0v) is 11.8. The summed E-state index contributed by atoms with van der Waals surface area (Å²) in [7, 11) is 0. The van der Waals surface area contributed by atoms with E-state index in [1.165, 1.54) is 0 Å². The van der Waals surface area contributed by atoms with E-state index in [0.717, 1.165) is 49.4 Å². The number of pyridine rings is 1. The number of rotatable bonds is 1. The fourth-order valence-corrected chi connectivity index (χ4v) is 3.22. The molecule has 1 aromatic carbocycles. The first-order valence-electron chi connectivity index (χ1n) is 7.44. The van der Waals surface area contributed by atoms with Crippen LogP contribution in [0, 0.1) is 0 Å². The number of amides is 1. The van der Waals surface area contributed by atoms with Gasteiger partial charge in [-0.15, -0.1) is 0 Å². The number of para-hydroxylation sites is 1. The number of carbonyl (C=O) groups is 1. The first-order valence-corrected chi connectivity index (χ1v) is 7.44. The van der Waals surface area contributed by atoms with Gasteiger partial charge in [-0.1, -0.05) is 18.2 Å². The number of nitrogens with zero attached hydrogens (tertiary/aromatic N) is 3. The van der Waals surface area contributed by atoms with Crippen LogP contribution in [0.15, 0.2) is 36.4 Å². The summed E-state index contributed by atoms with van der Waals surface area (Å²) in [6.07, 6.45) is 0. The van der Waals surface area contributed by atoms with Crippen molar-refractivity contribution in [1.82, 2.24) is 15.2 Å². The molecule has 2 saturated heterocycles. The van der Waals surface area contributed by atoms with E-state index in [1.807, 2.05) is 18.2 Å². The average molecular weight is 282 g/mol. The number of aromatic nitrogens is 1. The van der Waals surface area contributed by atoms with Crippen molar-refractivity contribution in [3.8, 4) is 0 Å². The molecule has 4 rings (SSSR count). The van der Waals surface area contributed by atoms with Gasteiger partial charge in [0, 0.05) is 38.1 Å². The first-order chi connectivity index (χ1) is 10.3. The number of nitrogens with one attached hydrogen (secondary N) is 1. The van der Waals surface area contributed by atoms with Gasteiger partial charge in [-0.05, 0) is 18.2 Å². The highest BCUT2D eigenvalue weighted by molar-refractivity contribution is 5.84. The summed E-state index contributed by atoms with van der Waals surface area (Å²) >= 11 is 0. The fraction of sp³-hybridized carbons (Fsp3) is 0.375. The molecule has 0 bridgehead atoms. The second kappa shape index (κ2) is 5.00. The lowest BCUT2D eigenvalue weighted by Gasteiger charge is -2.43. The molecular formula is C16H18N4O. The van der Waals surface area contributed by atoms with Crippen molar-refractivity contribution < 1.29 is 4.79 Å². The van der Waals surface area contributed by atoms with E-state index in [4.69, 9.17) is 4.98 Å². The largest absolute Gasteiger partial charge is 0.353 e. The second-order valence-corrected chi connectivity index (χ2v) is 5.65. The maximum atomic E-state index is 12.0. The Labute approximate surface area is 123 Å². The van der Waals surface area contributed by atoms with Gasteiger partial charge >= 0.3 is 0 Å². The Hall–Kier alpha value is -2.14. The lowest BCUT2D eigenvalue weighted by molar-refractivity contribution is -0.129. The van der Waals surface area contributed by atoms with Crippen molar-refractivity contribution in [3.05, 3.63) is 36.4 Å². The van der Waals surface area contributed by atoms with Crippen molar-refractivity contribution in [1.29, 1.82) is 0 Å². The molecule has 5 heteroatoms. The SMILES string of the molecule is O=C1NCCN2CCN(c3ccc4ccccc4n3)C[C@H]12. The summed E-state index contributed by atoms with van der Waals surface area (Å²) in [6, 6.07) is 12.2. The highest BCUT2D eigenvalue weighted by Crippen LogP contribution is 2.21. The Balaban J connectivity index is 1.61. The van der Waals surface area contributed by atoms with Gasteiger partial charge < -0.3 is 10.2 Å². The summed E-state index contributed by atoms with van der Waals surface area (Å²) in [5, 5.41) is 4.10. The molecule has 0 spiro atoms. The predicted molar refractivity (Wildman–Crippen MR) is 82.3 cm³/mol. The van der Waals surface area contributed by atoms with E-state index < -0.39 is 0 Å². The maximum absolute atomic E-state index is 12.0. The van der Waals surface area contributed by atoms with E-state index in [9.17, 15) is 4.79 Å². The van der Waals surface area contributed by atoms with Crippen LogP contribution in [0.4, 0.5) is 5.82 Å². The molecule has 1 N–H and O–H groups in total. The van der Waals surface area contributed by atoms with Gasteiger partial charge in [0.2, 0.25) is 5.91 Å². The fourth-order valence-electron chi connectivity index (χ4n) is 3.22. The number of hydrogen-bond acceptors (Lipinski definition) is 4. The van der Waals surface area contributed by atoms with Crippen LogP contribution in [-0.4, -0.2) is 54.6 Å². The normalized spacial score (nSPS) is 23.0. The molecule has 0 unspecified atom stereocenters. The highest BCUT2D eigenvalue weighted by Gasteiger charge is 2.35. The van der Waals surface area contributed by atoms with Crippen LogP contribution in [0.1, 0.15) is 0 Å². The van der Waals surface area contributed by atoms with Gasteiger partial charge in [0.1, 0.15) is 11.9 Å². The lowest BCUT2D eigenvalue weighted by Crippen LogP contribution is -2.64. The van der Waals surface area contributed by atoms with E-state index in [0.29, 0.717) is 0 Å². The van der Waals surface area contributed by atoms with Crippen LogP contribution in [0.25, 0.3) is 10.9 Å². The third-order valence-corrected chi connectivity index (χ3v) is 4.40. The molecule has 1 amide bonds. The number of benzene rings is 1. The quantitative estimate of drug-likeness (QED) is 0.842. The Morgan fingerprint density at radius 2 is 2.00 bits per heavy atom. The van der Waals surface area contributed by atoms with Crippen molar-refractivity contribution in [3.63, 3.8) is 0 Å². The van der Waals surface area contributed by atoms with Crippen molar-refractivity contribution >= 4 is 22.6 Å². The number of piperazine rings is 2. The standard InChI is InChI=1S/C16H18N4O/c21-16-14-11-20(10-9-19(14)8-7-17-16)15-6-5-12-3-1-2-4-13(12)18-15/h1-6,14H,7-11H2,(H,17,21)/t14-/m1/s1. The van der Waals surface area contributed by atoms with E-state index in [2.05, 4.69) is 33.3 Å². The zero-order valence-electron chi connectivity index (χ0n) is 11.8. The van der Waals surface area contributed by atoms with E-state index in [-0.39, 0.29) is 11.9 Å². The van der Waals surface area contributed by atoms with Crippen LogP contribution >= 0.6 is 0 Å². The van der Waals surface area contributed by atoms with Crippen LogP contribution in [-0.2, 0) is 4.79 Å². The van der Waals surface area contributed by atoms with Crippen LogP contribution in [0.2, 0.25) is 0 Å². The minimum atomic E-state index is -0.0410. The predicted octanol–water partition coefficient (Wildman–Crippen LogP) is 0.855. The summed E-state index contributed by atoms with van der Waals surface area (Å²) in [6.45, 7) is 4.29. The minimum Gasteiger partial charge on any atom is -0.353 e. The molecular weight excluding hydrogens is 264 g/mol. The monoisotopic (exact) mass is 282 g/mol. The molecule has 21 heavy (non-hydrogen) atoms. The molecule has 108 valence electrons. The molecule has 0 radical (unpaired) electrons. The van der Waals surface area contributed by atoms with Crippen molar-refractivity contribution in [2.45, 2.75) is 6.04 Å². The van der Waals surface area contributed by atoms with Gasteiger partial charge in [-0.25, -0.2) is 4.98 Å². The number of hydrogen-bond donors (Lipinski definition) is 1. The molecule has 0 saturated carbocycles. The van der Waals surface area contributed by atoms with Crippen molar-refractivity contribution in [2.24, 2.45) is 0 Å². The molecule has 2 aliphatic rings. The number of anilines is 1. The van der Waals surface area contributed by atoms with Gasteiger partial charge in [0.15, 0.2) is 0 Å². The Bertz CT molecular complexity index is 687. The van der Waals surface area contributed by atoms with Gasteiger partial charge in [-0.3, -0.25) is 9.69 Å². The van der Waals surface area contributed by atoms with E-state index >= 15 is 0 Å². The van der Waals surface area contributed by atoms with Crippen molar-refractivity contribution in [2.75, 3.05) is 37.6 Å². The Morgan fingerprint density at radius 1 is 1.10 bits per heavy atom. The third kappa shape index (κ3) is 2.23. The second-order valence-electron chi connectivity index (χ2n) is 5.65. The molecule has 3 heterocycles. The molecule has 1 aromatic heterocycles. The topological polar surface area (TPSA) is 48.5 Å². The summed E-state index contributed by atoms with van der Waals surface area (Å²) < 4.78 is 0. The Kier molecular flexibility index (Phi) is 3.00. The number of carbonyl (C=O) groups excluding carboxylic acids is 1. The molecule has 2 aromatic rings. The molecule has 5 nitrogen and oxygen atoms in total. The lowest BCUT2D eigenvalue weighted by atomic mass is 10.1. The van der Waals surface area contributed by atoms with Gasteiger partial charge in [0.25, 0.3) is 0 Å². The van der Waals surface area contributed by atoms with Crippen LogP contribution < -0.4 is 10.2 Å². The first kappa shape index (κ1) is 12.6. The zero-order chi connectivity index (χ0) is 14.2. The van der Waals surface area contributed by atoms with Crippen LogP contribution in [0.5, 0.6) is 0 Å². The summed E-state index contributed by atoms with van der Waals surface area (Å²) in [5.41, 5.74) is 1.01. The third-order valence-electron chi connectivity index (χ3n) is 4.40. The molecule has 2 fully saturated rings. The molecule has 0 aliphatic carbocycles. The minimum absolute atomic E-state index is 0.0410. The summed E-state index contributed by atoms with van der Waals surface area (Å²) in [4.78, 5) is 21.3. The average Bonchev–Trinajstić information content (AvgIpc) is 2.54. The molecule has 1 atom stereocenters. The molecule has 2 aliphatic heterocycles. The number of fused-ring (bicyclic) bond motifs is 2. The van der Waals surface area contributed by atoms with Gasteiger partial charge in [-0.2, -0.15) is 0 Å². The summed E-state index contributed by atoms with van der Waals surface area (Å²) in [5.74, 6) is 1.11. The van der Waals surface area contributed by atoms with Crippen LogP contribution in [0.3, 0.4) is 0 Å². The van der Waals surface area contributed by atoms with E-state index in [1.54, 1.807) is 0 Å². The highest BCUT2D eigenvalue weighted by atomic mass is 16.2. The Morgan fingerprint density at radius 3 is 2.95 bits per heavy atom. The smallest absolute Gasteiger partial charge is 0.239 e.